The molecule has 41 heavy (non-hydrogen) atoms. The second-order valence-corrected chi connectivity index (χ2v) is 11.5. The van der Waals surface area contributed by atoms with E-state index in [0.717, 1.165) is 77.9 Å². The number of hydrogen-bond acceptors (Lipinski definition) is 9. The summed E-state index contributed by atoms with van der Waals surface area (Å²) in [5, 5.41) is 4.93. The van der Waals surface area contributed by atoms with Crippen LogP contribution in [0.15, 0.2) is 61.2 Å². The number of nitrogens with one attached hydrogen (secondary N) is 1. The van der Waals surface area contributed by atoms with Gasteiger partial charge in [0, 0.05) is 54.7 Å². The van der Waals surface area contributed by atoms with E-state index >= 15 is 0 Å². The van der Waals surface area contributed by atoms with Gasteiger partial charge in [0.05, 0.1) is 30.2 Å². The fourth-order valence-corrected chi connectivity index (χ4v) is 6.50. The molecule has 0 bridgehead atoms. The summed E-state index contributed by atoms with van der Waals surface area (Å²) in [7, 11) is 0. The van der Waals surface area contributed by atoms with Crippen molar-refractivity contribution in [1.82, 2.24) is 24.8 Å². The molecule has 0 aliphatic carbocycles. The van der Waals surface area contributed by atoms with Crippen molar-refractivity contribution in [2.75, 3.05) is 44.7 Å². The molecule has 0 atom stereocenters. The van der Waals surface area contributed by atoms with Crippen LogP contribution in [0.25, 0.3) is 10.2 Å². The first-order chi connectivity index (χ1) is 20.1. The van der Waals surface area contributed by atoms with Crippen molar-refractivity contribution in [1.29, 1.82) is 0 Å². The number of carbonyl (C=O) groups excluding carboxylic acids is 1. The first-order valence-electron chi connectivity index (χ1n) is 13.7. The molecule has 5 heterocycles. The summed E-state index contributed by atoms with van der Waals surface area (Å²) in [6.45, 7) is 6.08. The molecule has 212 valence electrons. The highest BCUT2D eigenvalue weighted by Gasteiger charge is 2.25. The Morgan fingerprint density at radius 1 is 1.20 bits per heavy atom. The monoisotopic (exact) mass is 590 g/mol. The van der Waals surface area contributed by atoms with Crippen LogP contribution in [0.4, 0.5) is 11.5 Å². The maximum Gasteiger partial charge on any atom is 0.246 e. The average Bonchev–Trinajstić information content (AvgIpc) is 3.39. The first kappa shape index (κ1) is 27.6. The maximum atomic E-state index is 12.9. The second kappa shape index (κ2) is 12.9. The number of pyridine rings is 1. The van der Waals surface area contributed by atoms with Crippen LogP contribution in [0.1, 0.15) is 22.4 Å². The quantitative estimate of drug-likeness (QED) is 0.265. The van der Waals surface area contributed by atoms with Crippen molar-refractivity contribution in [3.8, 4) is 5.75 Å². The van der Waals surface area contributed by atoms with E-state index in [-0.39, 0.29) is 5.91 Å². The lowest BCUT2D eigenvalue weighted by molar-refractivity contribution is -0.126. The fraction of sp³-hybridized carbons (Fsp3) is 0.333. The third-order valence-electron chi connectivity index (χ3n) is 7.24. The van der Waals surface area contributed by atoms with Gasteiger partial charge in [0.15, 0.2) is 0 Å². The molecule has 2 aliphatic heterocycles. The Morgan fingerprint density at radius 2 is 2.10 bits per heavy atom. The molecule has 1 aromatic carbocycles. The van der Waals surface area contributed by atoms with Gasteiger partial charge >= 0.3 is 0 Å². The van der Waals surface area contributed by atoms with E-state index in [4.69, 9.17) is 21.1 Å². The van der Waals surface area contributed by atoms with Crippen molar-refractivity contribution in [3.05, 3.63) is 82.2 Å². The Bertz CT molecular complexity index is 1540. The second-order valence-electron chi connectivity index (χ2n) is 9.98. The SMILES string of the molecule is O=C(/C=C/CCN1CCOCC1)N1CCc2c(sc3ncnc(Nc4ccc(OCc5cccnc5)c(Cl)c4)c23)C1. The molecule has 1 amide bonds. The molecule has 9 nitrogen and oxygen atoms in total. The number of amides is 1. The van der Waals surface area contributed by atoms with Crippen molar-refractivity contribution in [3.63, 3.8) is 0 Å². The molecule has 0 unspecified atom stereocenters. The number of benzene rings is 1. The van der Waals surface area contributed by atoms with Crippen LogP contribution in [-0.2, 0) is 29.1 Å². The summed E-state index contributed by atoms with van der Waals surface area (Å²) in [6, 6.07) is 9.43. The highest BCUT2D eigenvalue weighted by molar-refractivity contribution is 7.19. The van der Waals surface area contributed by atoms with Crippen LogP contribution in [0.3, 0.4) is 0 Å². The van der Waals surface area contributed by atoms with E-state index in [1.807, 2.05) is 41.3 Å². The summed E-state index contributed by atoms with van der Waals surface area (Å²) in [5.74, 6) is 1.39. The number of anilines is 2. The van der Waals surface area contributed by atoms with Gasteiger partial charge in [-0.25, -0.2) is 9.97 Å². The van der Waals surface area contributed by atoms with Crippen molar-refractivity contribution in [2.24, 2.45) is 0 Å². The van der Waals surface area contributed by atoms with E-state index < -0.39 is 0 Å². The zero-order valence-corrected chi connectivity index (χ0v) is 24.2. The number of aromatic nitrogens is 3. The molecule has 1 saturated heterocycles. The third-order valence-corrected chi connectivity index (χ3v) is 8.66. The Balaban J connectivity index is 1.10. The molecule has 0 radical (unpaired) electrons. The lowest BCUT2D eigenvalue weighted by Gasteiger charge is -2.26. The maximum absolute atomic E-state index is 12.9. The number of hydrogen-bond donors (Lipinski definition) is 1. The zero-order valence-electron chi connectivity index (χ0n) is 22.6. The van der Waals surface area contributed by atoms with Gasteiger partial charge in [-0.3, -0.25) is 14.7 Å². The first-order valence-corrected chi connectivity index (χ1v) is 14.9. The van der Waals surface area contributed by atoms with Crippen LogP contribution in [0.2, 0.25) is 5.02 Å². The standard InChI is InChI=1S/C30H31ClN6O3S/c31-24-16-22(6-7-25(24)40-19-21-4-3-9-32-17-21)35-29-28-23-8-11-37(18-26(23)41-30(28)34-20-33-29)27(38)5-1-2-10-36-12-14-39-15-13-36/h1,3-7,9,16-17,20H,2,8,10-15,18-19H2,(H,33,34,35)/b5-1+. The normalized spacial score (nSPS) is 15.8. The van der Waals surface area contributed by atoms with Crippen molar-refractivity contribution in [2.45, 2.75) is 26.0 Å². The molecule has 1 N–H and O–H groups in total. The van der Waals surface area contributed by atoms with E-state index in [1.54, 1.807) is 36.1 Å². The fourth-order valence-electron chi connectivity index (χ4n) is 5.06. The highest BCUT2D eigenvalue weighted by atomic mass is 35.5. The molecule has 1 fully saturated rings. The minimum atomic E-state index is 0.0556. The Morgan fingerprint density at radius 3 is 2.93 bits per heavy atom. The van der Waals surface area contributed by atoms with E-state index in [9.17, 15) is 4.79 Å². The topological polar surface area (TPSA) is 92.7 Å². The molecule has 2 aliphatic rings. The summed E-state index contributed by atoms with van der Waals surface area (Å²) in [4.78, 5) is 32.5. The van der Waals surface area contributed by atoms with Gasteiger partial charge in [0.1, 0.15) is 29.3 Å². The van der Waals surface area contributed by atoms with Gasteiger partial charge in [0.2, 0.25) is 5.91 Å². The zero-order chi connectivity index (χ0) is 28.0. The largest absolute Gasteiger partial charge is 0.487 e. The molecule has 0 spiro atoms. The third kappa shape index (κ3) is 6.68. The molecule has 6 rings (SSSR count). The number of halogens is 1. The number of morpholine rings is 1. The van der Waals surface area contributed by atoms with Crippen LogP contribution in [0.5, 0.6) is 5.75 Å². The van der Waals surface area contributed by atoms with Crippen molar-refractivity contribution >= 4 is 50.6 Å². The van der Waals surface area contributed by atoms with E-state index in [2.05, 4.69) is 25.2 Å². The number of thiophene rings is 1. The van der Waals surface area contributed by atoms with Gasteiger partial charge in [-0.2, -0.15) is 0 Å². The van der Waals surface area contributed by atoms with Crippen molar-refractivity contribution < 1.29 is 14.3 Å². The Kier molecular flexibility index (Phi) is 8.71. The minimum absolute atomic E-state index is 0.0556. The number of nitrogens with zero attached hydrogens (tertiary/aromatic N) is 5. The Labute approximate surface area is 247 Å². The van der Waals surface area contributed by atoms with E-state index in [0.29, 0.717) is 30.5 Å². The van der Waals surface area contributed by atoms with Gasteiger partial charge in [-0.1, -0.05) is 23.7 Å². The molecule has 0 saturated carbocycles. The predicted molar refractivity (Wildman–Crippen MR) is 161 cm³/mol. The summed E-state index contributed by atoms with van der Waals surface area (Å²) >= 11 is 8.17. The summed E-state index contributed by atoms with van der Waals surface area (Å²) < 4.78 is 11.3. The molecule has 3 aromatic heterocycles. The molecular formula is C30H31ClN6O3S. The summed E-state index contributed by atoms with van der Waals surface area (Å²) in [5.41, 5.74) is 2.98. The van der Waals surface area contributed by atoms with Crippen LogP contribution in [0, 0.1) is 0 Å². The number of carbonyl (C=O) groups is 1. The van der Waals surface area contributed by atoms with E-state index in [1.165, 1.54) is 5.56 Å². The van der Waals surface area contributed by atoms with Gasteiger partial charge in [-0.15, -0.1) is 11.3 Å². The lowest BCUT2D eigenvalue weighted by Crippen LogP contribution is -2.36. The number of rotatable bonds is 9. The predicted octanol–water partition coefficient (Wildman–Crippen LogP) is 5.23. The van der Waals surface area contributed by atoms with Crippen LogP contribution in [-0.4, -0.2) is 70.1 Å². The average molecular weight is 591 g/mol. The Hall–Kier alpha value is -3.57. The van der Waals surface area contributed by atoms with Gasteiger partial charge in [0.25, 0.3) is 0 Å². The van der Waals surface area contributed by atoms with Crippen LogP contribution >= 0.6 is 22.9 Å². The van der Waals surface area contributed by atoms with Gasteiger partial charge < -0.3 is 19.7 Å². The molecule has 11 heteroatoms. The minimum Gasteiger partial charge on any atom is -0.487 e. The van der Waals surface area contributed by atoms with Crippen LogP contribution < -0.4 is 10.1 Å². The molecule has 4 aromatic rings. The summed E-state index contributed by atoms with van der Waals surface area (Å²) in [6.07, 6.45) is 10.4. The smallest absolute Gasteiger partial charge is 0.246 e. The number of ether oxygens (including phenoxy) is 2. The lowest BCUT2D eigenvalue weighted by atomic mass is 10.0. The number of fused-ring (bicyclic) bond motifs is 3. The highest BCUT2D eigenvalue weighted by Crippen LogP contribution is 2.39. The van der Waals surface area contributed by atoms with Gasteiger partial charge in [-0.05, 0) is 48.7 Å². The molecular weight excluding hydrogens is 560 g/mol.